The van der Waals surface area contributed by atoms with E-state index in [1.165, 1.54) is 145 Å². The monoisotopic (exact) mass is 922 g/mol. The van der Waals surface area contributed by atoms with E-state index in [4.69, 9.17) is 0 Å². The smallest absolute Gasteiger partial charge is 0.0726 e. The molecule has 4 bridgehead atoms. The van der Waals surface area contributed by atoms with Crippen LogP contribution < -0.4 is 4.90 Å². The summed E-state index contributed by atoms with van der Waals surface area (Å²) in [5, 5.41) is 0. The van der Waals surface area contributed by atoms with E-state index in [-0.39, 0.29) is 16.2 Å². The van der Waals surface area contributed by atoms with Gasteiger partial charge in [-0.3, -0.25) is 0 Å². The first-order valence-corrected chi connectivity index (χ1v) is 26.9. The van der Waals surface area contributed by atoms with E-state index < -0.39 is 5.41 Å². The molecular formula is C70H67N. The highest BCUT2D eigenvalue weighted by molar-refractivity contribution is 5.97. The number of hydrogen-bond donors (Lipinski definition) is 0. The van der Waals surface area contributed by atoms with E-state index in [1.807, 2.05) is 0 Å². The highest BCUT2D eigenvalue weighted by Crippen LogP contribution is 2.65. The summed E-state index contributed by atoms with van der Waals surface area (Å²) in [6.07, 6.45) is 8.43. The zero-order valence-electron chi connectivity index (χ0n) is 43.1. The van der Waals surface area contributed by atoms with Crippen molar-refractivity contribution in [2.24, 2.45) is 17.8 Å². The first-order chi connectivity index (χ1) is 34.1. The van der Waals surface area contributed by atoms with Gasteiger partial charge in [-0.25, -0.2) is 0 Å². The molecule has 4 saturated carbocycles. The molecule has 1 spiro atoms. The summed E-state index contributed by atoms with van der Waals surface area (Å²) in [6, 6.07) is 67.2. The summed E-state index contributed by atoms with van der Waals surface area (Å²) < 4.78 is 0. The van der Waals surface area contributed by atoms with Crippen LogP contribution in [0.2, 0.25) is 0 Å². The molecule has 0 saturated heterocycles. The summed E-state index contributed by atoms with van der Waals surface area (Å²) in [4.78, 5) is 2.60. The number of rotatable bonds is 5. The van der Waals surface area contributed by atoms with Crippen molar-refractivity contribution in [3.05, 3.63) is 220 Å². The summed E-state index contributed by atoms with van der Waals surface area (Å²) >= 11 is 0. The van der Waals surface area contributed by atoms with Crippen LogP contribution in [0.4, 0.5) is 17.1 Å². The van der Waals surface area contributed by atoms with Gasteiger partial charge in [0.2, 0.25) is 0 Å². The molecule has 8 aromatic rings. The van der Waals surface area contributed by atoms with Crippen LogP contribution in [0.1, 0.15) is 144 Å². The lowest BCUT2D eigenvalue weighted by Gasteiger charge is -2.57. The van der Waals surface area contributed by atoms with Crippen molar-refractivity contribution in [1.29, 1.82) is 0 Å². The van der Waals surface area contributed by atoms with Gasteiger partial charge >= 0.3 is 0 Å². The molecule has 0 N–H and O–H groups in total. The van der Waals surface area contributed by atoms with Gasteiger partial charge in [0.15, 0.2) is 0 Å². The Labute approximate surface area is 423 Å². The number of anilines is 3. The minimum Gasteiger partial charge on any atom is -0.310 e. The minimum absolute atomic E-state index is 0.0124. The van der Waals surface area contributed by atoms with Crippen LogP contribution in [0.25, 0.3) is 44.5 Å². The van der Waals surface area contributed by atoms with Crippen molar-refractivity contribution in [3.8, 4) is 44.5 Å². The van der Waals surface area contributed by atoms with E-state index in [0.717, 1.165) is 17.8 Å². The Morgan fingerprint density at radius 3 is 1.35 bits per heavy atom. The first-order valence-electron chi connectivity index (χ1n) is 26.9. The molecule has 0 amide bonds. The van der Waals surface area contributed by atoms with Crippen LogP contribution >= 0.6 is 0 Å². The predicted octanol–water partition coefficient (Wildman–Crippen LogP) is 18.5. The van der Waals surface area contributed by atoms with E-state index >= 15 is 0 Å². The largest absolute Gasteiger partial charge is 0.310 e. The average molecular weight is 922 g/mol. The normalized spacial score (nSPS) is 22.2. The minimum atomic E-state index is -0.499. The molecule has 8 aromatic carbocycles. The quantitative estimate of drug-likeness (QED) is 0.166. The predicted molar refractivity (Wildman–Crippen MR) is 298 cm³/mol. The molecule has 15 rings (SSSR count). The lowest BCUT2D eigenvalue weighted by atomic mass is 9.47. The molecule has 0 atom stereocenters. The Morgan fingerprint density at radius 2 is 0.789 bits per heavy atom. The van der Waals surface area contributed by atoms with Gasteiger partial charge < -0.3 is 4.90 Å². The van der Waals surface area contributed by atoms with Crippen molar-refractivity contribution in [2.45, 2.75) is 121 Å². The molecule has 7 aliphatic carbocycles. The summed E-state index contributed by atoms with van der Waals surface area (Å²) in [5.41, 5.74) is 26.7. The van der Waals surface area contributed by atoms with Gasteiger partial charge in [-0.05, 0) is 204 Å². The van der Waals surface area contributed by atoms with Crippen molar-refractivity contribution in [2.75, 3.05) is 4.90 Å². The third-order valence-corrected chi connectivity index (χ3v) is 18.9. The van der Waals surface area contributed by atoms with Gasteiger partial charge in [-0.1, -0.05) is 189 Å². The summed E-state index contributed by atoms with van der Waals surface area (Å²) in [6.45, 7) is 19.0. The molecule has 0 heterocycles. The Kier molecular flexibility index (Phi) is 9.05. The summed E-state index contributed by atoms with van der Waals surface area (Å²) in [7, 11) is 0. The van der Waals surface area contributed by atoms with Gasteiger partial charge in [0.05, 0.1) is 5.41 Å². The second kappa shape index (κ2) is 14.8. The van der Waals surface area contributed by atoms with E-state index in [1.54, 1.807) is 5.56 Å². The lowest BCUT2D eigenvalue weighted by Crippen LogP contribution is -2.48. The zero-order valence-corrected chi connectivity index (χ0v) is 43.1. The number of nitrogens with zero attached hydrogens (tertiary/aromatic N) is 1. The molecule has 71 heavy (non-hydrogen) atoms. The zero-order chi connectivity index (χ0) is 48.4. The topological polar surface area (TPSA) is 3.24 Å². The fraction of sp³-hybridized carbons (Fsp3) is 0.314. The Bertz CT molecular complexity index is 3430. The van der Waals surface area contributed by atoms with Crippen LogP contribution in [0.3, 0.4) is 0 Å². The Morgan fingerprint density at radius 1 is 0.366 bits per heavy atom. The van der Waals surface area contributed by atoms with Crippen molar-refractivity contribution in [1.82, 2.24) is 0 Å². The lowest BCUT2D eigenvalue weighted by molar-refractivity contribution is -0.00492. The molecule has 1 nitrogen and oxygen atoms in total. The van der Waals surface area contributed by atoms with Gasteiger partial charge in [0.1, 0.15) is 0 Å². The number of hydrogen-bond acceptors (Lipinski definition) is 1. The fourth-order valence-corrected chi connectivity index (χ4v) is 16.0. The van der Waals surface area contributed by atoms with E-state index in [9.17, 15) is 0 Å². The molecule has 0 aliphatic heterocycles. The van der Waals surface area contributed by atoms with Gasteiger partial charge in [-0.2, -0.15) is 0 Å². The maximum atomic E-state index is 2.60. The van der Waals surface area contributed by atoms with Crippen molar-refractivity contribution < 1.29 is 0 Å². The van der Waals surface area contributed by atoms with Crippen LogP contribution in [0.15, 0.2) is 170 Å². The molecule has 352 valence electrons. The standard InChI is InChI=1S/C70H67N/c1-66(2,3)47-24-28-56-57-29-25-48(67(4,5)6)37-64(57)70(63(56)36-47)61-23-14-11-20-54(61)58-31-27-51(39-65(58)70)71(50-26-30-55-53-19-10-12-21-59(53)68(7,8)62(55)38-50)49-17-15-16-46(35-49)52-18-9-13-22-60(52)69-40-43-32-44(41-69)34-45(33-43)42-69/h9-31,35-39,43-45H,32-34,40-42H2,1-8H3. The second-order valence-corrected chi connectivity index (χ2v) is 25.6. The molecule has 1 heteroatoms. The van der Waals surface area contributed by atoms with Gasteiger partial charge in [-0.15, -0.1) is 0 Å². The summed E-state index contributed by atoms with van der Waals surface area (Å²) in [5.74, 6) is 2.67. The Hall–Kier alpha value is -6.44. The number of benzene rings is 8. The third-order valence-electron chi connectivity index (χ3n) is 18.9. The van der Waals surface area contributed by atoms with Crippen molar-refractivity contribution in [3.63, 3.8) is 0 Å². The fourth-order valence-electron chi connectivity index (χ4n) is 16.0. The number of fused-ring (bicyclic) bond motifs is 13. The van der Waals surface area contributed by atoms with Crippen LogP contribution in [0.5, 0.6) is 0 Å². The maximum absolute atomic E-state index is 2.60. The molecular weight excluding hydrogens is 855 g/mol. The van der Waals surface area contributed by atoms with Crippen LogP contribution in [-0.2, 0) is 27.1 Å². The highest BCUT2D eigenvalue weighted by atomic mass is 15.1. The Balaban J connectivity index is 1.01. The van der Waals surface area contributed by atoms with E-state index in [2.05, 4.69) is 230 Å². The van der Waals surface area contributed by atoms with Gasteiger partial charge in [0.25, 0.3) is 0 Å². The molecule has 0 aromatic heterocycles. The van der Waals surface area contributed by atoms with Crippen LogP contribution in [0, 0.1) is 17.8 Å². The molecule has 0 radical (unpaired) electrons. The molecule has 7 aliphatic rings. The SMILES string of the molecule is CC(C)(C)c1ccc2c(c1)C1(c3ccccc3-c3ccc(N(c4cccc(-c5ccccc5C56CC7CC(CC(C7)C5)C6)c4)c4ccc5c(c4)C(C)(C)c4ccccc4-5)cc31)c1cc(C(C)(C)C)ccc1-2. The molecule has 0 unspecified atom stereocenters. The first kappa shape index (κ1) is 43.4. The third kappa shape index (κ3) is 6.17. The highest BCUT2D eigenvalue weighted by Gasteiger charge is 2.54. The van der Waals surface area contributed by atoms with Crippen LogP contribution in [-0.4, -0.2) is 0 Å². The maximum Gasteiger partial charge on any atom is 0.0726 e. The van der Waals surface area contributed by atoms with Gasteiger partial charge in [0, 0.05) is 22.5 Å². The molecule has 4 fully saturated rings. The van der Waals surface area contributed by atoms with Crippen molar-refractivity contribution >= 4 is 17.1 Å². The van der Waals surface area contributed by atoms with E-state index in [0.29, 0.717) is 5.41 Å². The average Bonchev–Trinajstić information content (AvgIpc) is 3.91. The second-order valence-electron chi connectivity index (χ2n) is 25.6.